The molecule has 1 N–H and O–H groups in total. The first-order valence-corrected chi connectivity index (χ1v) is 7.69. The van der Waals surface area contributed by atoms with E-state index in [9.17, 15) is 4.39 Å². The fraction of sp³-hybridized carbons (Fsp3) is 0.200. The van der Waals surface area contributed by atoms with Crippen LogP contribution in [-0.2, 0) is 0 Å². The van der Waals surface area contributed by atoms with E-state index < -0.39 is 0 Å². The van der Waals surface area contributed by atoms with E-state index in [1.165, 1.54) is 6.07 Å². The summed E-state index contributed by atoms with van der Waals surface area (Å²) in [5.74, 6) is 0.817. The van der Waals surface area contributed by atoms with Gasteiger partial charge in [-0.2, -0.15) is 0 Å². The van der Waals surface area contributed by atoms with Gasteiger partial charge in [0.15, 0.2) is 0 Å². The van der Waals surface area contributed by atoms with Crippen molar-refractivity contribution in [1.29, 1.82) is 0 Å². The van der Waals surface area contributed by atoms with Crippen LogP contribution in [0.1, 0.15) is 18.5 Å². The lowest BCUT2D eigenvalue weighted by Gasteiger charge is -2.17. The van der Waals surface area contributed by atoms with Gasteiger partial charge >= 0.3 is 0 Å². The van der Waals surface area contributed by atoms with Crippen LogP contribution in [0.3, 0.4) is 0 Å². The maximum atomic E-state index is 13.5. The maximum absolute atomic E-state index is 13.5. The Morgan fingerprint density at radius 1 is 1.15 bits per heavy atom. The Morgan fingerprint density at radius 2 is 1.90 bits per heavy atom. The van der Waals surface area contributed by atoms with Crippen LogP contribution in [0.4, 0.5) is 4.39 Å². The van der Waals surface area contributed by atoms with Crippen molar-refractivity contribution < 1.29 is 9.13 Å². The predicted molar refractivity (Wildman–Crippen MR) is 85.8 cm³/mol. The van der Waals surface area contributed by atoms with E-state index in [1.54, 1.807) is 12.1 Å². The van der Waals surface area contributed by atoms with Crippen molar-refractivity contribution in [2.75, 3.05) is 7.05 Å². The fourth-order valence-electron chi connectivity index (χ4n) is 1.78. The molecule has 0 fully saturated rings. The number of ether oxygens (including phenoxy) is 1. The van der Waals surface area contributed by atoms with E-state index in [4.69, 9.17) is 4.74 Å². The van der Waals surface area contributed by atoms with Gasteiger partial charge in [-0.15, -0.1) is 0 Å². The summed E-state index contributed by atoms with van der Waals surface area (Å²) in [5, 5.41) is 3.17. The molecular weight excluding hydrogens is 389 g/mol. The lowest BCUT2D eigenvalue weighted by atomic mass is 10.1. The topological polar surface area (TPSA) is 21.3 Å². The molecule has 0 spiro atoms. The molecule has 0 bridgehead atoms. The molecular formula is C15H14Br2FNO. The van der Waals surface area contributed by atoms with Crippen molar-refractivity contribution in [2.45, 2.75) is 13.0 Å². The molecule has 0 amide bonds. The Morgan fingerprint density at radius 3 is 2.55 bits per heavy atom. The van der Waals surface area contributed by atoms with Gasteiger partial charge in [-0.25, -0.2) is 4.39 Å². The summed E-state index contributed by atoms with van der Waals surface area (Å²) in [5.41, 5.74) is 1.01. The number of benzene rings is 2. The van der Waals surface area contributed by atoms with E-state index in [0.717, 1.165) is 10.0 Å². The van der Waals surface area contributed by atoms with Crippen molar-refractivity contribution in [3.63, 3.8) is 0 Å². The minimum Gasteiger partial charge on any atom is -0.457 e. The molecule has 2 rings (SSSR count). The van der Waals surface area contributed by atoms with Crippen LogP contribution < -0.4 is 10.1 Å². The molecule has 20 heavy (non-hydrogen) atoms. The summed E-state index contributed by atoms with van der Waals surface area (Å²) in [4.78, 5) is 0. The SMILES string of the molecule is CNC(C)c1ccc(Br)cc1Oc1ccc(Br)c(F)c1. The Kier molecular flexibility index (Phi) is 5.18. The third-order valence-electron chi connectivity index (χ3n) is 2.99. The first kappa shape index (κ1) is 15.5. The second-order valence-electron chi connectivity index (χ2n) is 4.37. The highest BCUT2D eigenvalue weighted by molar-refractivity contribution is 9.10. The third-order valence-corrected chi connectivity index (χ3v) is 4.13. The van der Waals surface area contributed by atoms with Gasteiger partial charge in [0.1, 0.15) is 17.3 Å². The highest BCUT2D eigenvalue weighted by Gasteiger charge is 2.12. The van der Waals surface area contributed by atoms with Gasteiger partial charge in [-0.1, -0.05) is 22.0 Å². The van der Waals surface area contributed by atoms with Crippen LogP contribution in [-0.4, -0.2) is 7.05 Å². The summed E-state index contributed by atoms with van der Waals surface area (Å²) in [6.07, 6.45) is 0. The molecule has 1 unspecified atom stereocenters. The van der Waals surface area contributed by atoms with Crippen LogP contribution in [0.25, 0.3) is 0 Å². The predicted octanol–water partition coefficient (Wildman–Crippen LogP) is 5.42. The summed E-state index contributed by atoms with van der Waals surface area (Å²) in [7, 11) is 1.88. The van der Waals surface area contributed by atoms with Crippen molar-refractivity contribution in [1.82, 2.24) is 5.32 Å². The largest absolute Gasteiger partial charge is 0.457 e. The van der Waals surface area contributed by atoms with E-state index in [2.05, 4.69) is 37.2 Å². The molecule has 2 aromatic carbocycles. The highest BCUT2D eigenvalue weighted by Crippen LogP contribution is 2.33. The zero-order valence-electron chi connectivity index (χ0n) is 11.1. The lowest BCUT2D eigenvalue weighted by Crippen LogP contribution is -2.13. The van der Waals surface area contributed by atoms with Crippen LogP contribution in [0.15, 0.2) is 45.3 Å². The zero-order valence-corrected chi connectivity index (χ0v) is 14.3. The van der Waals surface area contributed by atoms with Crippen molar-refractivity contribution >= 4 is 31.9 Å². The Bertz CT molecular complexity index is 619. The molecule has 0 saturated carbocycles. The van der Waals surface area contributed by atoms with E-state index >= 15 is 0 Å². The van der Waals surface area contributed by atoms with E-state index in [0.29, 0.717) is 16.0 Å². The third kappa shape index (κ3) is 3.59. The summed E-state index contributed by atoms with van der Waals surface area (Å²) in [6, 6.07) is 10.7. The maximum Gasteiger partial charge on any atom is 0.141 e. The fourth-order valence-corrected chi connectivity index (χ4v) is 2.36. The standard InChI is InChI=1S/C15H14Br2FNO/c1-9(19-2)12-5-3-10(16)7-15(12)20-11-4-6-13(17)14(18)8-11/h3-9,19H,1-2H3. The van der Waals surface area contributed by atoms with Crippen molar-refractivity contribution in [3.05, 3.63) is 56.7 Å². The average molecular weight is 403 g/mol. The Hall–Kier alpha value is -0.910. The van der Waals surface area contributed by atoms with Gasteiger partial charge in [0.2, 0.25) is 0 Å². The second kappa shape index (κ2) is 6.70. The summed E-state index contributed by atoms with van der Waals surface area (Å²) < 4.78 is 20.7. The van der Waals surface area contributed by atoms with Crippen molar-refractivity contribution in [2.24, 2.45) is 0 Å². The van der Waals surface area contributed by atoms with Crippen LogP contribution in [0.2, 0.25) is 0 Å². The first-order chi connectivity index (χ1) is 9.51. The zero-order chi connectivity index (χ0) is 14.7. The molecule has 1 atom stereocenters. The molecule has 0 saturated heterocycles. The lowest BCUT2D eigenvalue weighted by molar-refractivity contribution is 0.461. The number of halogens is 3. The molecule has 0 aliphatic heterocycles. The van der Waals surface area contributed by atoms with Gasteiger partial charge in [0, 0.05) is 22.1 Å². The number of nitrogens with one attached hydrogen (secondary N) is 1. The minimum absolute atomic E-state index is 0.137. The molecule has 0 heterocycles. The minimum atomic E-state index is -0.347. The number of hydrogen-bond donors (Lipinski definition) is 1. The van der Waals surface area contributed by atoms with Gasteiger partial charge in [-0.05, 0) is 54.2 Å². The molecule has 0 aromatic heterocycles. The Labute approximate surface area is 134 Å². The number of rotatable bonds is 4. The van der Waals surface area contributed by atoms with Crippen LogP contribution in [0, 0.1) is 5.82 Å². The van der Waals surface area contributed by atoms with E-state index in [1.807, 2.05) is 32.2 Å². The molecule has 2 aromatic rings. The van der Waals surface area contributed by atoms with Crippen LogP contribution >= 0.6 is 31.9 Å². The monoisotopic (exact) mass is 401 g/mol. The van der Waals surface area contributed by atoms with Gasteiger partial charge in [0.05, 0.1) is 4.47 Å². The molecule has 0 aliphatic rings. The Balaban J connectivity index is 2.36. The molecule has 106 valence electrons. The highest BCUT2D eigenvalue weighted by atomic mass is 79.9. The quantitative estimate of drug-likeness (QED) is 0.736. The van der Waals surface area contributed by atoms with E-state index in [-0.39, 0.29) is 11.9 Å². The average Bonchev–Trinajstić information content (AvgIpc) is 2.42. The smallest absolute Gasteiger partial charge is 0.141 e. The van der Waals surface area contributed by atoms with Crippen molar-refractivity contribution in [3.8, 4) is 11.5 Å². The van der Waals surface area contributed by atoms with Gasteiger partial charge in [-0.3, -0.25) is 0 Å². The molecule has 0 radical (unpaired) electrons. The van der Waals surface area contributed by atoms with Crippen LogP contribution in [0.5, 0.6) is 11.5 Å². The normalized spacial score (nSPS) is 12.2. The summed E-state index contributed by atoms with van der Waals surface area (Å²) >= 11 is 6.55. The van der Waals surface area contributed by atoms with Gasteiger partial charge < -0.3 is 10.1 Å². The first-order valence-electron chi connectivity index (χ1n) is 6.11. The molecule has 2 nitrogen and oxygen atoms in total. The second-order valence-corrected chi connectivity index (χ2v) is 6.14. The van der Waals surface area contributed by atoms with Gasteiger partial charge in [0.25, 0.3) is 0 Å². The molecule has 5 heteroatoms. The molecule has 0 aliphatic carbocycles. The summed E-state index contributed by atoms with van der Waals surface area (Å²) in [6.45, 7) is 2.04. The number of hydrogen-bond acceptors (Lipinski definition) is 2.